The fraction of sp³-hybridized carbons (Fsp3) is 0. The smallest absolute Gasteiger partial charge is 0.339 e. The van der Waals surface area contributed by atoms with E-state index in [1.54, 1.807) is 36.4 Å². The number of rotatable bonds is 4. The number of amides is 1. The predicted molar refractivity (Wildman–Crippen MR) is 115 cm³/mol. The molecule has 1 aliphatic rings. The Morgan fingerprint density at radius 1 is 0.964 bits per heavy atom. The van der Waals surface area contributed by atoms with Crippen LogP contribution in [0.4, 0.5) is 0 Å². The summed E-state index contributed by atoms with van der Waals surface area (Å²) in [5, 5.41) is 4.22. The maximum absolute atomic E-state index is 12.7. The second-order valence-electron chi connectivity index (χ2n) is 5.90. The van der Waals surface area contributed by atoms with Gasteiger partial charge in [-0.2, -0.15) is 8.42 Å². The molecule has 0 spiro atoms. The van der Waals surface area contributed by atoms with E-state index in [1.165, 1.54) is 12.1 Å². The highest BCUT2D eigenvalue weighted by atomic mass is 32.2. The molecule has 4 rings (SSSR count). The molecule has 1 N–H and O–H groups in total. The summed E-state index contributed by atoms with van der Waals surface area (Å²) in [6.45, 7) is 0. The van der Waals surface area contributed by atoms with Gasteiger partial charge in [0, 0.05) is 5.56 Å². The standard InChI is InChI=1S/C20H13NO4S3/c22-19-18(27-20(26)21-19)12-16-15-9-5-4-6-13(15)10-11-17(16)25-28(23,24)14-7-2-1-3-8-14/h1-12H,(H,21,22,26). The van der Waals surface area contributed by atoms with Gasteiger partial charge >= 0.3 is 10.1 Å². The zero-order chi connectivity index (χ0) is 19.7. The Balaban J connectivity index is 1.86. The summed E-state index contributed by atoms with van der Waals surface area (Å²) in [7, 11) is -4.02. The molecule has 0 unspecified atom stereocenters. The second-order valence-corrected chi connectivity index (χ2v) is 9.17. The Bertz CT molecular complexity index is 1230. The summed E-state index contributed by atoms with van der Waals surface area (Å²) in [6.07, 6.45) is 1.61. The first-order chi connectivity index (χ1) is 13.4. The highest BCUT2D eigenvalue weighted by Crippen LogP contribution is 2.35. The average molecular weight is 428 g/mol. The van der Waals surface area contributed by atoms with Crippen molar-refractivity contribution in [2.45, 2.75) is 4.90 Å². The molecule has 0 atom stereocenters. The highest BCUT2D eigenvalue weighted by Gasteiger charge is 2.24. The van der Waals surface area contributed by atoms with Crippen molar-refractivity contribution in [1.82, 2.24) is 5.32 Å². The van der Waals surface area contributed by atoms with Gasteiger partial charge in [-0.15, -0.1) is 0 Å². The lowest BCUT2D eigenvalue weighted by Gasteiger charge is -2.12. The Kier molecular flexibility index (Phi) is 4.92. The molecule has 1 aliphatic heterocycles. The number of fused-ring (bicyclic) bond motifs is 1. The number of hydrogen-bond donors (Lipinski definition) is 1. The Labute approximate surface area is 171 Å². The summed E-state index contributed by atoms with van der Waals surface area (Å²) < 4.78 is 31.2. The van der Waals surface area contributed by atoms with Crippen molar-refractivity contribution in [3.8, 4) is 5.75 Å². The zero-order valence-corrected chi connectivity index (χ0v) is 16.7. The van der Waals surface area contributed by atoms with Crippen LogP contribution in [-0.4, -0.2) is 18.6 Å². The Morgan fingerprint density at radius 3 is 2.39 bits per heavy atom. The van der Waals surface area contributed by atoms with Gasteiger partial charge in [-0.1, -0.05) is 72.5 Å². The van der Waals surface area contributed by atoms with E-state index in [2.05, 4.69) is 5.32 Å². The van der Waals surface area contributed by atoms with Crippen LogP contribution in [0.15, 0.2) is 76.5 Å². The van der Waals surface area contributed by atoms with Crippen molar-refractivity contribution < 1.29 is 17.4 Å². The van der Waals surface area contributed by atoms with E-state index >= 15 is 0 Å². The second kappa shape index (κ2) is 7.38. The van der Waals surface area contributed by atoms with Crippen LogP contribution in [0.1, 0.15) is 5.56 Å². The molecule has 1 heterocycles. The summed E-state index contributed by atoms with van der Waals surface area (Å²) in [5.41, 5.74) is 0.500. The van der Waals surface area contributed by atoms with Crippen LogP contribution in [0.5, 0.6) is 5.75 Å². The van der Waals surface area contributed by atoms with Gasteiger partial charge < -0.3 is 9.50 Å². The molecule has 8 heteroatoms. The van der Waals surface area contributed by atoms with Gasteiger partial charge in [0.25, 0.3) is 5.91 Å². The third-order valence-electron chi connectivity index (χ3n) is 4.08. The number of carbonyl (C=O) groups excluding carboxylic acids is 1. The SMILES string of the molecule is O=C1NC(=S)SC1=Cc1c(OS(=O)(=O)c2ccccc2)ccc2ccccc12. The first kappa shape index (κ1) is 18.7. The lowest BCUT2D eigenvalue weighted by Crippen LogP contribution is -2.17. The minimum atomic E-state index is -4.02. The maximum Gasteiger partial charge on any atom is 0.339 e. The molecule has 3 aromatic rings. The maximum atomic E-state index is 12.7. The van der Waals surface area contributed by atoms with Crippen LogP contribution in [0, 0.1) is 0 Å². The largest absolute Gasteiger partial charge is 0.378 e. The molecule has 1 amide bonds. The molecule has 0 bridgehead atoms. The molecule has 0 radical (unpaired) electrons. The van der Waals surface area contributed by atoms with E-state index < -0.39 is 10.1 Å². The quantitative estimate of drug-likeness (QED) is 0.384. The van der Waals surface area contributed by atoms with Gasteiger partial charge in [-0.25, -0.2) is 0 Å². The van der Waals surface area contributed by atoms with Crippen molar-refractivity contribution in [3.63, 3.8) is 0 Å². The van der Waals surface area contributed by atoms with Crippen molar-refractivity contribution in [2.75, 3.05) is 0 Å². The molecular formula is C20H13NO4S3. The van der Waals surface area contributed by atoms with Crippen LogP contribution in [0.2, 0.25) is 0 Å². The van der Waals surface area contributed by atoms with E-state index in [-0.39, 0.29) is 16.6 Å². The van der Waals surface area contributed by atoms with Crippen LogP contribution >= 0.6 is 24.0 Å². The predicted octanol–water partition coefficient (Wildman–Crippen LogP) is 4.10. The van der Waals surface area contributed by atoms with E-state index in [1.807, 2.05) is 24.3 Å². The monoisotopic (exact) mass is 427 g/mol. The zero-order valence-electron chi connectivity index (χ0n) is 14.3. The third kappa shape index (κ3) is 3.66. The fourth-order valence-corrected chi connectivity index (χ4v) is 4.80. The molecule has 140 valence electrons. The van der Waals surface area contributed by atoms with Crippen molar-refractivity contribution in [2.24, 2.45) is 0 Å². The minimum absolute atomic E-state index is 0.0518. The summed E-state index contributed by atoms with van der Waals surface area (Å²) in [4.78, 5) is 12.5. The van der Waals surface area contributed by atoms with Gasteiger partial charge in [-0.05, 0) is 35.0 Å². The first-order valence-electron chi connectivity index (χ1n) is 8.20. The van der Waals surface area contributed by atoms with Crippen LogP contribution in [-0.2, 0) is 14.9 Å². The van der Waals surface area contributed by atoms with Gasteiger partial charge in [0.15, 0.2) is 5.75 Å². The summed E-state index contributed by atoms with van der Waals surface area (Å²) in [5.74, 6) is -0.180. The summed E-state index contributed by atoms with van der Waals surface area (Å²) in [6, 6.07) is 18.7. The number of thioether (sulfide) groups is 1. The molecule has 0 aromatic heterocycles. The van der Waals surface area contributed by atoms with Gasteiger partial charge in [-0.3, -0.25) is 4.79 Å². The molecule has 0 aliphatic carbocycles. The average Bonchev–Trinajstić information content (AvgIpc) is 3.01. The van der Waals surface area contributed by atoms with Crippen molar-refractivity contribution in [1.29, 1.82) is 0 Å². The van der Waals surface area contributed by atoms with E-state index in [4.69, 9.17) is 16.4 Å². The van der Waals surface area contributed by atoms with E-state index in [0.717, 1.165) is 22.5 Å². The van der Waals surface area contributed by atoms with E-state index in [0.29, 0.717) is 14.8 Å². The van der Waals surface area contributed by atoms with E-state index in [9.17, 15) is 13.2 Å². The lowest BCUT2D eigenvalue weighted by atomic mass is 10.0. The normalized spacial score (nSPS) is 15.8. The molecule has 1 fully saturated rings. The number of hydrogen-bond acceptors (Lipinski definition) is 6. The molecule has 3 aromatic carbocycles. The first-order valence-corrected chi connectivity index (χ1v) is 10.8. The highest BCUT2D eigenvalue weighted by molar-refractivity contribution is 8.26. The van der Waals surface area contributed by atoms with Crippen LogP contribution < -0.4 is 9.50 Å². The van der Waals surface area contributed by atoms with Gasteiger partial charge in [0.2, 0.25) is 0 Å². The Morgan fingerprint density at radius 2 is 1.68 bits per heavy atom. The third-order valence-corrected chi connectivity index (χ3v) is 6.49. The minimum Gasteiger partial charge on any atom is -0.378 e. The molecule has 0 saturated carbocycles. The van der Waals surface area contributed by atoms with Crippen LogP contribution in [0.25, 0.3) is 16.8 Å². The molecule has 28 heavy (non-hydrogen) atoms. The molecule has 5 nitrogen and oxygen atoms in total. The van der Waals surface area contributed by atoms with Gasteiger partial charge in [0.05, 0.1) is 4.91 Å². The fourth-order valence-electron chi connectivity index (χ4n) is 2.80. The lowest BCUT2D eigenvalue weighted by molar-refractivity contribution is -0.115. The van der Waals surface area contributed by atoms with Crippen molar-refractivity contribution in [3.05, 3.63) is 77.2 Å². The number of nitrogens with one attached hydrogen (secondary N) is 1. The number of thiocarbonyl (C=S) groups is 1. The van der Waals surface area contributed by atoms with Crippen molar-refractivity contribution >= 4 is 61.2 Å². The molecule has 1 saturated heterocycles. The number of benzene rings is 3. The molecular weight excluding hydrogens is 414 g/mol. The topological polar surface area (TPSA) is 72.5 Å². The Hall–Kier alpha value is -2.68. The van der Waals surface area contributed by atoms with Gasteiger partial charge in [0.1, 0.15) is 9.22 Å². The van der Waals surface area contributed by atoms with Crippen LogP contribution in [0.3, 0.4) is 0 Å². The number of carbonyl (C=O) groups is 1. The summed E-state index contributed by atoms with van der Waals surface area (Å²) >= 11 is 6.16.